The van der Waals surface area contributed by atoms with Gasteiger partial charge in [-0.1, -0.05) is 24.3 Å². The van der Waals surface area contributed by atoms with E-state index in [2.05, 4.69) is 47.3 Å². The number of hydrogen-bond donors (Lipinski definition) is 1. The zero-order valence-corrected chi connectivity index (χ0v) is 17.3. The molecule has 0 aliphatic carbocycles. The van der Waals surface area contributed by atoms with Crippen LogP contribution in [-0.4, -0.2) is 35.2 Å². The molecule has 3 aromatic heterocycles. The smallest absolute Gasteiger partial charge is 0.226 e. The van der Waals surface area contributed by atoms with Crippen LogP contribution in [0.5, 0.6) is 5.75 Å². The number of tetrazole rings is 1. The van der Waals surface area contributed by atoms with E-state index in [0.29, 0.717) is 18.3 Å². The van der Waals surface area contributed by atoms with E-state index in [9.17, 15) is 0 Å². The number of aromatic amines is 1. The van der Waals surface area contributed by atoms with Gasteiger partial charge in [0, 0.05) is 30.1 Å². The van der Waals surface area contributed by atoms with Crippen molar-refractivity contribution in [1.29, 1.82) is 0 Å². The SMILES string of the molecule is c1cn(CCCc2ccc(OCc3coc(-c4ccc(-c5nn[nH]n5)cc4)n3)cc2)cn1. The fraction of sp³-hybridized carbons (Fsp3) is 0.174. The van der Waals surface area contributed by atoms with Crippen molar-refractivity contribution in [2.75, 3.05) is 0 Å². The molecule has 0 bridgehead atoms. The maximum atomic E-state index is 5.87. The van der Waals surface area contributed by atoms with Gasteiger partial charge in [-0.15, -0.1) is 10.2 Å². The molecule has 0 aliphatic heterocycles. The summed E-state index contributed by atoms with van der Waals surface area (Å²) in [5.74, 6) is 1.89. The second-order valence-corrected chi connectivity index (χ2v) is 7.29. The lowest BCUT2D eigenvalue weighted by Gasteiger charge is -2.06. The first kappa shape index (κ1) is 19.7. The monoisotopic (exact) mass is 427 g/mol. The van der Waals surface area contributed by atoms with Gasteiger partial charge in [-0.2, -0.15) is 5.21 Å². The van der Waals surface area contributed by atoms with E-state index >= 15 is 0 Å². The van der Waals surface area contributed by atoms with E-state index in [4.69, 9.17) is 9.15 Å². The summed E-state index contributed by atoms with van der Waals surface area (Å²) < 4.78 is 13.6. The zero-order chi connectivity index (χ0) is 21.6. The van der Waals surface area contributed by atoms with Crippen LogP contribution in [0.4, 0.5) is 0 Å². The molecular formula is C23H21N7O2. The van der Waals surface area contributed by atoms with Crippen molar-refractivity contribution in [1.82, 2.24) is 35.2 Å². The molecule has 1 N–H and O–H groups in total. The second-order valence-electron chi connectivity index (χ2n) is 7.29. The quantitative estimate of drug-likeness (QED) is 0.380. The van der Waals surface area contributed by atoms with Crippen LogP contribution in [0.1, 0.15) is 17.7 Å². The number of hydrogen-bond acceptors (Lipinski definition) is 7. The molecule has 9 heteroatoms. The highest BCUT2D eigenvalue weighted by Crippen LogP contribution is 2.23. The molecule has 0 aliphatic rings. The standard InChI is InChI=1S/C23H21N7O2/c1(12-30-13-11-24-16-30)2-17-3-9-21(10-4-17)31-14-20-15-32-23(25-20)19-7-5-18(6-8-19)22-26-28-29-27-22/h3-11,13,15-16H,1-2,12,14H2,(H,26,27,28,29). The maximum absolute atomic E-state index is 5.87. The lowest BCUT2D eigenvalue weighted by molar-refractivity contribution is 0.301. The summed E-state index contributed by atoms with van der Waals surface area (Å²) in [5, 5.41) is 14.0. The summed E-state index contributed by atoms with van der Waals surface area (Å²) in [6.45, 7) is 1.30. The minimum atomic E-state index is 0.338. The lowest BCUT2D eigenvalue weighted by Crippen LogP contribution is -1.98. The van der Waals surface area contributed by atoms with Crippen molar-refractivity contribution >= 4 is 0 Å². The number of ether oxygens (including phenoxy) is 1. The first-order chi connectivity index (χ1) is 15.8. The fourth-order valence-electron chi connectivity index (χ4n) is 3.35. The normalized spacial score (nSPS) is 11.0. The predicted molar refractivity (Wildman–Crippen MR) is 116 cm³/mol. The first-order valence-corrected chi connectivity index (χ1v) is 10.3. The van der Waals surface area contributed by atoms with Crippen LogP contribution in [0.15, 0.2) is 77.9 Å². The van der Waals surface area contributed by atoms with Gasteiger partial charge in [-0.3, -0.25) is 0 Å². The Morgan fingerprint density at radius 2 is 1.84 bits per heavy atom. The van der Waals surface area contributed by atoms with E-state index in [-0.39, 0.29) is 0 Å². The van der Waals surface area contributed by atoms with Gasteiger partial charge in [0.15, 0.2) is 0 Å². The Hall–Kier alpha value is -4.27. The molecule has 2 aromatic carbocycles. The van der Waals surface area contributed by atoms with E-state index in [1.165, 1.54) is 5.56 Å². The van der Waals surface area contributed by atoms with E-state index in [1.807, 2.05) is 48.9 Å². The fourth-order valence-corrected chi connectivity index (χ4v) is 3.35. The largest absolute Gasteiger partial charge is 0.487 e. The van der Waals surface area contributed by atoms with Gasteiger partial charge < -0.3 is 13.7 Å². The average molecular weight is 427 g/mol. The van der Waals surface area contributed by atoms with Gasteiger partial charge in [0.1, 0.15) is 24.3 Å². The second kappa shape index (κ2) is 9.25. The Morgan fingerprint density at radius 1 is 1.00 bits per heavy atom. The van der Waals surface area contributed by atoms with Crippen molar-refractivity contribution in [2.45, 2.75) is 26.0 Å². The number of aromatic nitrogens is 7. The van der Waals surface area contributed by atoms with Crippen LogP contribution in [-0.2, 0) is 19.6 Å². The van der Waals surface area contributed by atoms with Crippen molar-refractivity contribution in [3.63, 3.8) is 0 Å². The maximum Gasteiger partial charge on any atom is 0.226 e. The van der Waals surface area contributed by atoms with E-state index in [1.54, 1.807) is 12.5 Å². The molecule has 0 unspecified atom stereocenters. The lowest BCUT2D eigenvalue weighted by atomic mass is 10.1. The summed E-state index contributed by atoms with van der Waals surface area (Å²) in [4.78, 5) is 8.59. The third kappa shape index (κ3) is 4.72. The van der Waals surface area contributed by atoms with Crippen LogP contribution in [0.25, 0.3) is 22.8 Å². The van der Waals surface area contributed by atoms with Gasteiger partial charge in [-0.25, -0.2) is 9.97 Å². The van der Waals surface area contributed by atoms with Crippen LogP contribution < -0.4 is 4.74 Å². The van der Waals surface area contributed by atoms with Crippen molar-refractivity contribution in [2.24, 2.45) is 0 Å². The van der Waals surface area contributed by atoms with Crippen LogP contribution in [0.3, 0.4) is 0 Å². The minimum Gasteiger partial charge on any atom is -0.487 e. The molecule has 0 atom stereocenters. The molecule has 0 saturated carbocycles. The summed E-state index contributed by atoms with van der Waals surface area (Å²) >= 11 is 0. The molecule has 0 spiro atoms. The van der Waals surface area contributed by atoms with Gasteiger partial charge in [-0.05, 0) is 47.9 Å². The van der Waals surface area contributed by atoms with Gasteiger partial charge in [0.25, 0.3) is 0 Å². The number of H-pyrrole nitrogens is 1. The van der Waals surface area contributed by atoms with Crippen molar-refractivity contribution in [3.8, 4) is 28.6 Å². The molecule has 5 rings (SSSR count). The molecule has 160 valence electrons. The number of nitrogens with one attached hydrogen (secondary N) is 1. The average Bonchev–Trinajstić information content (AvgIpc) is 3.62. The van der Waals surface area contributed by atoms with Gasteiger partial charge >= 0.3 is 0 Å². The molecule has 5 aromatic rings. The molecule has 0 radical (unpaired) electrons. The molecule has 0 amide bonds. The van der Waals surface area contributed by atoms with E-state index < -0.39 is 0 Å². The molecule has 32 heavy (non-hydrogen) atoms. The number of imidazole rings is 1. The van der Waals surface area contributed by atoms with Gasteiger partial charge in [0.05, 0.1) is 6.33 Å². The third-order valence-corrected chi connectivity index (χ3v) is 5.04. The first-order valence-electron chi connectivity index (χ1n) is 10.3. The highest BCUT2D eigenvalue weighted by molar-refractivity contribution is 5.61. The van der Waals surface area contributed by atoms with E-state index in [0.717, 1.165) is 42.0 Å². The number of rotatable bonds is 9. The minimum absolute atomic E-state index is 0.338. The molecule has 0 fully saturated rings. The van der Waals surface area contributed by atoms with Gasteiger partial charge in [0.2, 0.25) is 11.7 Å². The Kier molecular flexibility index (Phi) is 5.69. The Balaban J connectivity index is 1.13. The van der Waals surface area contributed by atoms with Crippen molar-refractivity contribution in [3.05, 3.63) is 84.8 Å². The predicted octanol–water partition coefficient (Wildman–Crippen LogP) is 3.93. The number of benzene rings is 2. The highest BCUT2D eigenvalue weighted by Gasteiger charge is 2.09. The third-order valence-electron chi connectivity index (χ3n) is 5.04. The molecule has 3 heterocycles. The summed E-state index contributed by atoms with van der Waals surface area (Å²) in [7, 11) is 0. The summed E-state index contributed by atoms with van der Waals surface area (Å²) in [5.41, 5.74) is 3.74. The van der Waals surface area contributed by atoms with Crippen LogP contribution >= 0.6 is 0 Å². The molecule has 0 saturated heterocycles. The number of oxazole rings is 1. The van der Waals surface area contributed by atoms with Crippen LogP contribution in [0, 0.1) is 0 Å². The Labute approximate surface area is 184 Å². The Bertz CT molecular complexity index is 1230. The molecular weight excluding hydrogens is 406 g/mol. The summed E-state index contributed by atoms with van der Waals surface area (Å²) in [6, 6.07) is 15.8. The number of nitrogens with zero attached hydrogens (tertiary/aromatic N) is 6. The topological polar surface area (TPSA) is 108 Å². The highest BCUT2D eigenvalue weighted by atomic mass is 16.5. The number of aryl methyl sites for hydroxylation is 2. The molecule has 9 nitrogen and oxygen atoms in total. The zero-order valence-electron chi connectivity index (χ0n) is 17.3. The summed E-state index contributed by atoms with van der Waals surface area (Å²) in [6.07, 6.45) is 9.32. The van der Waals surface area contributed by atoms with Crippen molar-refractivity contribution < 1.29 is 9.15 Å². The Morgan fingerprint density at radius 3 is 2.59 bits per heavy atom. The van der Waals surface area contributed by atoms with Crippen LogP contribution in [0.2, 0.25) is 0 Å².